The maximum atomic E-state index is 6.48. The molecule has 0 aliphatic rings. The van der Waals surface area contributed by atoms with Crippen LogP contribution in [0.2, 0.25) is 17.3 Å². The molecule has 4 aromatic heterocycles. The maximum absolute atomic E-state index is 6.48. The van der Waals surface area contributed by atoms with Crippen LogP contribution in [0.5, 0.6) is 0 Å². The second kappa shape index (κ2) is 17.9. The van der Waals surface area contributed by atoms with Crippen LogP contribution in [0.25, 0.3) is 61.4 Å². The minimum atomic E-state index is -1.86. The van der Waals surface area contributed by atoms with Gasteiger partial charge in [0.05, 0.1) is 22.4 Å². The van der Waals surface area contributed by atoms with Crippen molar-refractivity contribution in [3.63, 3.8) is 0 Å². The van der Waals surface area contributed by atoms with Gasteiger partial charge in [-0.2, -0.15) is 0 Å². The molecule has 0 N–H and O–H groups in total. The van der Waals surface area contributed by atoms with Crippen molar-refractivity contribution in [3.8, 4) is 28.3 Å². The summed E-state index contributed by atoms with van der Waals surface area (Å²) in [5, 5.41) is 2.05. The number of pyridine rings is 2. The summed E-state index contributed by atoms with van der Waals surface area (Å²) in [4.78, 5) is 14.7. The van der Waals surface area contributed by atoms with E-state index >= 15 is 0 Å². The summed E-state index contributed by atoms with van der Waals surface area (Å²) < 4.78 is 10.3. The number of hydrogen-bond donors (Lipinski definition) is 0. The Morgan fingerprint density at radius 2 is 1.41 bits per heavy atom. The summed E-state index contributed by atoms with van der Waals surface area (Å²) >= 11 is -1.86. The molecule has 0 spiro atoms. The molecule has 0 bridgehead atoms. The van der Waals surface area contributed by atoms with Gasteiger partial charge in [-0.05, 0) is 53.1 Å². The van der Waals surface area contributed by atoms with E-state index in [0.29, 0.717) is 29.4 Å². The summed E-state index contributed by atoms with van der Waals surface area (Å²) in [6, 6.07) is 40.4. The molecule has 0 aliphatic heterocycles. The largest absolute Gasteiger partial charge is 0.486 e. The van der Waals surface area contributed by atoms with Crippen molar-refractivity contribution in [3.05, 3.63) is 138 Å². The van der Waals surface area contributed by atoms with Crippen molar-refractivity contribution < 1.29 is 24.5 Å². The van der Waals surface area contributed by atoms with Gasteiger partial charge in [-0.15, -0.1) is 18.2 Å². The number of aromatic nitrogens is 4. The van der Waals surface area contributed by atoms with Crippen LogP contribution >= 0.6 is 0 Å². The zero-order valence-electron chi connectivity index (χ0n) is 35.9. The molecule has 1 radical (unpaired) electrons. The van der Waals surface area contributed by atoms with Crippen LogP contribution in [0.3, 0.4) is 0 Å². The zero-order chi connectivity index (χ0) is 40.6. The van der Waals surface area contributed by atoms with Crippen molar-refractivity contribution in [2.24, 2.45) is 5.92 Å². The molecule has 301 valence electrons. The summed E-state index contributed by atoms with van der Waals surface area (Å²) in [5.41, 5.74) is 12.8. The molecule has 4 heterocycles. The van der Waals surface area contributed by atoms with E-state index in [1.165, 1.54) is 22.4 Å². The van der Waals surface area contributed by atoms with E-state index in [2.05, 4.69) is 162 Å². The van der Waals surface area contributed by atoms with Gasteiger partial charge in [0.2, 0.25) is 5.71 Å². The summed E-state index contributed by atoms with van der Waals surface area (Å²) in [6.45, 7) is 17.9. The smallest absolute Gasteiger partial charge is 0.216 e. The molecule has 0 atom stereocenters. The van der Waals surface area contributed by atoms with Gasteiger partial charge in [0.15, 0.2) is 0 Å². The third-order valence-corrected chi connectivity index (χ3v) is 15.0. The molecule has 0 amide bonds. The summed E-state index contributed by atoms with van der Waals surface area (Å²) in [6.07, 6.45) is 3.27. The first-order valence-corrected chi connectivity index (χ1v) is 27.9. The van der Waals surface area contributed by atoms with Crippen LogP contribution < -0.4 is 4.40 Å². The molecule has 7 heteroatoms. The van der Waals surface area contributed by atoms with E-state index in [9.17, 15) is 0 Å². The first-order valence-electron chi connectivity index (χ1n) is 20.5. The average molecular weight is 1010 g/mol. The average Bonchev–Trinajstić information content (AvgIpc) is 3.75. The van der Waals surface area contributed by atoms with E-state index < -0.39 is 13.3 Å². The first-order chi connectivity index (χ1) is 27.2. The Morgan fingerprint density at radius 1 is 0.707 bits per heavy atom. The number of para-hydroxylation sites is 3. The van der Waals surface area contributed by atoms with E-state index in [4.69, 9.17) is 19.4 Å². The number of imidazole rings is 1. The van der Waals surface area contributed by atoms with Gasteiger partial charge in [-0.3, -0.25) is 4.98 Å². The van der Waals surface area contributed by atoms with Crippen molar-refractivity contribution in [2.45, 2.75) is 96.8 Å². The molecule has 0 fully saturated rings. The van der Waals surface area contributed by atoms with Crippen molar-refractivity contribution in [2.75, 3.05) is 0 Å². The molecule has 8 aromatic rings. The van der Waals surface area contributed by atoms with Crippen molar-refractivity contribution >= 4 is 50.8 Å². The standard InChI is InChI=1S/C33H32N3O.C18H24GeN.Ir/c1-19(2)22-11-9-12-23(20(3)4)30(22)36-29-16-8-7-15-28(29)34-32(36)26-14-10-13-24-25-17-18-27(21(5)6)35-33(25)37-31(24)26;1-14(2)11-16-12-18(15-9-7-6-8-10-15)20-13-17(16)19(3,4)5;/h7-13,15-21H,1-6H3;6-9,12-14H,11H2,1-5H3;/q2*-1;. The Balaban J connectivity index is 0.000000230. The fourth-order valence-electron chi connectivity index (χ4n) is 7.80. The molecular weight excluding hydrogens is 949 g/mol. The predicted octanol–water partition coefficient (Wildman–Crippen LogP) is 13.4. The topological polar surface area (TPSA) is 56.7 Å². The molecular formula is C51H56GeIrN4O-2. The van der Waals surface area contributed by atoms with Crippen LogP contribution in [0.15, 0.2) is 108 Å². The van der Waals surface area contributed by atoms with Crippen LogP contribution in [-0.4, -0.2) is 32.8 Å². The van der Waals surface area contributed by atoms with E-state index in [0.717, 1.165) is 62.1 Å². The third kappa shape index (κ3) is 8.81. The SMILES string of the molecule is CC(C)Cc1cc(-c2[c-]cccc2)nc[c]1[Ge]([CH3])([CH3])[CH3].CC(C)c1ccc2c(n1)oc1c(-c3nc4ccccc4n3-c3c(C(C)C)cccc3C(C)C)[c-]ccc12.[Ir]. The normalized spacial score (nSPS) is 11.9. The molecule has 0 aliphatic carbocycles. The molecule has 5 nitrogen and oxygen atoms in total. The molecule has 8 rings (SSSR count). The Labute approximate surface area is 361 Å². The second-order valence-corrected chi connectivity index (χ2v) is 28.2. The summed E-state index contributed by atoms with van der Waals surface area (Å²) in [7, 11) is 0. The number of nitrogens with zero attached hydrogens (tertiary/aromatic N) is 4. The quantitative estimate of drug-likeness (QED) is 0.107. The van der Waals surface area contributed by atoms with Crippen molar-refractivity contribution in [1.29, 1.82) is 0 Å². The van der Waals surface area contributed by atoms with Crippen LogP contribution in [0, 0.1) is 18.1 Å². The van der Waals surface area contributed by atoms with Gasteiger partial charge in [-0.25, -0.2) is 4.98 Å². The molecule has 0 saturated heterocycles. The first kappa shape index (κ1) is 43.2. The van der Waals surface area contributed by atoms with Crippen LogP contribution in [0.1, 0.15) is 95.5 Å². The number of rotatable bonds is 9. The van der Waals surface area contributed by atoms with Gasteiger partial charge < -0.3 is 8.98 Å². The van der Waals surface area contributed by atoms with Gasteiger partial charge >= 0.3 is 126 Å². The number of benzene rings is 4. The van der Waals surface area contributed by atoms with E-state index in [1.54, 1.807) is 4.40 Å². The maximum Gasteiger partial charge on any atom is 0.216 e. The van der Waals surface area contributed by atoms with Gasteiger partial charge in [0.1, 0.15) is 0 Å². The monoisotopic (exact) mass is 1010 g/mol. The van der Waals surface area contributed by atoms with Crippen LogP contribution in [-0.2, 0) is 26.5 Å². The molecule has 0 unspecified atom stereocenters. The predicted molar refractivity (Wildman–Crippen MR) is 243 cm³/mol. The Morgan fingerprint density at radius 3 is 2.05 bits per heavy atom. The number of furan rings is 1. The van der Waals surface area contributed by atoms with Gasteiger partial charge in [0.25, 0.3) is 0 Å². The molecule has 58 heavy (non-hydrogen) atoms. The Bertz CT molecular complexity index is 2640. The van der Waals surface area contributed by atoms with Gasteiger partial charge in [-0.1, -0.05) is 82.8 Å². The third-order valence-electron chi connectivity index (χ3n) is 10.7. The Hall–Kier alpha value is -4.36. The number of fused-ring (bicyclic) bond motifs is 4. The van der Waals surface area contributed by atoms with Crippen molar-refractivity contribution in [1.82, 2.24) is 19.5 Å². The van der Waals surface area contributed by atoms with E-state index in [1.807, 2.05) is 30.3 Å². The number of hydrogen-bond acceptors (Lipinski definition) is 4. The fraction of sp³-hybridized carbons (Fsp3) is 0.314. The minimum absolute atomic E-state index is 0. The van der Waals surface area contributed by atoms with Gasteiger partial charge in [0, 0.05) is 36.9 Å². The van der Waals surface area contributed by atoms with Crippen LogP contribution in [0.4, 0.5) is 0 Å². The molecule has 0 saturated carbocycles. The fourth-order valence-corrected chi connectivity index (χ4v) is 11.1. The molecule has 4 aromatic carbocycles. The second-order valence-electron chi connectivity index (χ2n) is 17.6. The Kier molecular flexibility index (Phi) is 13.3. The minimum Gasteiger partial charge on any atom is -0.486 e. The summed E-state index contributed by atoms with van der Waals surface area (Å²) in [5.74, 6) is 9.87. The zero-order valence-corrected chi connectivity index (χ0v) is 40.4. The van der Waals surface area contributed by atoms with E-state index in [-0.39, 0.29) is 20.1 Å².